The van der Waals surface area contributed by atoms with E-state index in [0.717, 1.165) is 11.3 Å². The molecule has 0 saturated carbocycles. The monoisotopic (exact) mass is 388 g/mol. The second kappa shape index (κ2) is 5.47. The molecule has 110 valence electrons. The van der Waals surface area contributed by atoms with Gasteiger partial charge in [0.2, 0.25) is 0 Å². The molecule has 0 bridgehead atoms. The van der Waals surface area contributed by atoms with Crippen molar-refractivity contribution in [3.63, 3.8) is 0 Å². The van der Waals surface area contributed by atoms with Crippen LogP contribution in [-0.4, -0.2) is 20.0 Å². The van der Waals surface area contributed by atoms with Crippen molar-refractivity contribution in [2.45, 2.75) is 11.3 Å². The van der Waals surface area contributed by atoms with Gasteiger partial charge in [-0.3, -0.25) is 4.72 Å². The van der Waals surface area contributed by atoms with Crippen LogP contribution in [0, 0.1) is 0 Å². The fourth-order valence-corrected chi connectivity index (χ4v) is 3.56. The Bertz CT molecular complexity index is 811. The number of anilines is 1. The summed E-state index contributed by atoms with van der Waals surface area (Å²) in [7, 11) is -3.67. The van der Waals surface area contributed by atoms with Gasteiger partial charge >= 0.3 is 0 Å². The Morgan fingerprint density at radius 1 is 1.33 bits per heavy atom. The van der Waals surface area contributed by atoms with Crippen molar-refractivity contribution in [1.82, 2.24) is 4.98 Å². The molecule has 1 aliphatic heterocycles. The lowest BCUT2D eigenvalue weighted by Gasteiger charge is -2.09. The number of benzene rings is 1. The van der Waals surface area contributed by atoms with E-state index in [1.54, 1.807) is 18.2 Å². The molecular formula is C13H10BrClN2O3S. The molecule has 0 fully saturated rings. The molecule has 0 radical (unpaired) electrons. The topological polar surface area (TPSA) is 68.3 Å². The smallest absolute Gasteiger partial charge is 0.261 e. The second-order valence-corrected chi connectivity index (χ2v) is 7.36. The molecule has 0 spiro atoms. The lowest BCUT2D eigenvalue weighted by Crippen LogP contribution is -2.13. The van der Waals surface area contributed by atoms with Gasteiger partial charge in [-0.05, 0) is 45.8 Å². The summed E-state index contributed by atoms with van der Waals surface area (Å²) in [6.07, 6.45) is 2.08. The number of hydrogen-bond donors (Lipinski definition) is 1. The van der Waals surface area contributed by atoms with Crippen LogP contribution in [0.5, 0.6) is 5.75 Å². The fraction of sp³-hybridized carbons (Fsp3) is 0.154. The third-order valence-corrected chi connectivity index (χ3v) is 5.53. The van der Waals surface area contributed by atoms with Crippen LogP contribution in [0.25, 0.3) is 0 Å². The highest BCUT2D eigenvalue weighted by atomic mass is 79.9. The van der Waals surface area contributed by atoms with Crippen molar-refractivity contribution < 1.29 is 13.2 Å². The van der Waals surface area contributed by atoms with Crippen molar-refractivity contribution in [3.8, 4) is 5.75 Å². The molecule has 0 saturated heterocycles. The number of sulfonamides is 1. The lowest BCUT2D eigenvalue weighted by molar-refractivity contribution is 0.356. The van der Waals surface area contributed by atoms with E-state index < -0.39 is 10.0 Å². The Morgan fingerprint density at radius 2 is 2.14 bits per heavy atom. The maximum atomic E-state index is 12.4. The SMILES string of the molecule is O=S(=O)(Nc1cnc(Cl)c(Br)c1)c1ccc2c(c1)CCO2. The number of rotatable bonds is 3. The third kappa shape index (κ3) is 3.00. The molecule has 0 atom stereocenters. The molecule has 3 rings (SSSR count). The zero-order valence-corrected chi connectivity index (χ0v) is 13.8. The molecule has 2 aromatic rings. The highest BCUT2D eigenvalue weighted by Gasteiger charge is 2.19. The summed E-state index contributed by atoms with van der Waals surface area (Å²) in [6, 6.07) is 6.38. The molecule has 0 amide bonds. The first kappa shape index (κ1) is 14.6. The Kier molecular flexibility index (Phi) is 3.81. The predicted molar refractivity (Wildman–Crippen MR) is 83.4 cm³/mol. The minimum Gasteiger partial charge on any atom is -0.493 e. The number of nitrogens with zero attached hydrogens (tertiary/aromatic N) is 1. The van der Waals surface area contributed by atoms with Crippen LogP contribution in [-0.2, 0) is 16.4 Å². The van der Waals surface area contributed by atoms with Gasteiger partial charge in [-0.1, -0.05) is 11.6 Å². The maximum Gasteiger partial charge on any atom is 0.261 e. The number of hydrogen-bond acceptors (Lipinski definition) is 4. The predicted octanol–water partition coefficient (Wildman–Crippen LogP) is 3.23. The summed E-state index contributed by atoms with van der Waals surface area (Å²) in [5.41, 5.74) is 1.23. The number of fused-ring (bicyclic) bond motifs is 1. The van der Waals surface area contributed by atoms with Crippen LogP contribution < -0.4 is 9.46 Å². The largest absolute Gasteiger partial charge is 0.493 e. The number of ether oxygens (including phenoxy) is 1. The van der Waals surface area contributed by atoms with E-state index >= 15 is 0 Å². The van der Waals surface area contributed by atoms with E-state index in [0.29, 0.717) is 23.2 Å². The van der Waals surface area contributed by atoms with Crippen LogP contribution in [0.3, 0.4) is 0 Å². The van der Waals surface area contributed by atoms with E-state index in [1.807, 2.05) is 0 Å². The van der Waals surface area contributed by atoms with Crippen LogP contribution >= 0.6 is 27.5 Å². The van der Waals surface area contributed by atoms with Crippen molar-refractivity contribution in [3.05, 3.63) is 45.7 Å². The van der Waals surface area contributed by atoms with E-state index in [2.05, 4.69) is 25.6 Å². The number of nitrogens with one attached hydrogen (secondary N) is 1. The first-order valence-electron chi connectivity index (χ1n) is 6.05. The molecule has 21 heavy (non-hydrogen) atoms. The molecule has 8 heteroatoms. The van der Waals surface area contributed by atoms with Gasteiger partial charge in [-0.15, -0.1) is 0 Å². The summed E-state index contributed by atoms with van der Waals surface area (Å²) in [4.78, 5) is 4.08. The van der Waals surface area contributed by atoms with Crippen molar-refractivity contribution >= 4 is 43.2 Å². The highest BCUT2D eigenvalue weighted by molar-refractivity contribution is 9.10. The van der Waals surface area contributed by atoms with Crippen LogP contribution in [0.4, 0.5) is 5.69 Å². The summed E-state index contributed by atoms with van der Waals surface area (Å²) in [5, 5.41) is 0.271. The quantitative estimate of drug-likeness (QED) is 0.818. The number of aromatic nitrogens is 1. The second-order valence-electron chi connectivity index (χ2n) is 4.47. The number of pyridine rings is 1. The van der Waals surface area contributed by atoms with Gasteiger partial charge in [0.1, 0.15) is 10.9 Å². The van der Waals surface area contributed by atoms with Crippen LogP contribution in [0.1, 0.15) is 5.56 Å². The minimum absolute atomic E-state index is 0.192. The molecule has 1 N–H and O–H groups in total. The van der Waals surface area contributed by atoms with Gasteiger partial charge in [0.15, 0.2) is 0 Å². The van der Waals surface area contributed by atoms with Gasteiger partial charge < -0.3 is 4.74 Å². The van der Waals surface area contributed by atoms with Gasteiger partial charge in [0.25, 0.3) is 10.0 Å². The summed E-state index contributed by atoms with van der Waals surface area (Å²) in [5.74, 6) is 0.741. The van der Waals surface area contributed by atoms with Crippen molar-refractivity contribution in [1.29, 1.82) is 0 Å². The lowest BCUT2D eigenvalue weighted by atomic mass is 10.2. The molecule has 1 aromatic heterocycles. The van der Waals surface area contributed by atoms with Crippen molar-refractivity contribution in [2.24, 2.45) is 0 Å². The standard InChI is InChI=1S/C13H10BrClN2O3S/c14-11-6-9(7-16-13(11)15)17-21(18,19)10-1-2-12-8(5-10)3-4-20-12/h1-2,5-7,17H,3-4H2. The molecule has 1 aromatic carbocycles. The van der Waals surface area contributed by atoms with Gasteiger partial charge in [-0.25, -0.2) is 13.4 Å². The van der Waals surface area contributed by atoms with E-state index in [1.165, 1.54) is 12.3 Å². The van der Waals surface area contributed by atoms with E-state index in [4.69, 9.17) is 16.3 Å². The zero-order valence-electron chi connectivity index (χ0n) is 10.6. The molecular weight excluding hydrogens is 380 g/mol. The minimum atomic E-state index is -3.67. The van der Waals surface area contributed by atoms with Gasteiger partial charge in [0.05, 0.1) is 27.9 Å². The average molecular weight is 390 g/mol. The Morgan fingerprint density at radius 3 is 2.90 bits per heavy atom. The molecule has 5 nitrogen and oxygen atoms in total. The maximum absolute atomic E-state index is 12.4. The summed E-state index contributed by atoms with van der Waals surface area (Å²) < 4.78 is 33.1. The van der Waals surface area contributed by atoms with Gasteiger partial charge in [-0.2, -0.15) is 0 Å². The average Bonchev–Trinajstić information content (AvgIpc) is 2.90. The Hall–Kier alpha value is -1.31. The first-order chi connectivity index (χ1) is 9.95. The van der Waals surface area contributed by atoms with Crippen molar-refractivity contribution in [2.75, 3.05) is 11.3 Å². The highest BCUT2D eigenvalue weighted by Crippen LogP contribution is 2.29. The third-order valence-electron chi connectivity index (χ3n) is 3.02. The molecule has 0 aliphatic carbocycles. The zero-order chi connectivity index (χ0) is 15.0. The van der Waals surface area contributed by atoms with Crippen LogP contribution in [0.15, 0.2) is 39.8 Å². The summed E-state index contributed by atoms with van der Waals surface area (Å²) in [6.45, 7) is 0.584. The summed E-state index contributed by atoms with van der Waals surface area (Å²) >= 11 is 8.99. The fourth-order valence-electron chi connectivity index (χ4n) is 2.02. The van der Waals surface area contributed by atoms with Crippen LogP contribution in [0.2, 0.25) is 5.15 Å². The normalized spacial score (nSPS) is 13.6. The Balaban J connectivity index is 1.91. The molecule has 1 aliphatic rings. The van der Waals surface area contributed by atoms with Gasteiger partial charge in [0, 0.05) is 6.42 Å². The Labute approximate surface area is 135 Å². The molecule has 2 heterocycles. The van der Waals surface area contributed by atoms with E-state index in [-0.39, 0.29) is 10.0 Å². The first-order valence-corrected chi connectivity index (χ1v) is 8.71. The molecule has 0 unspecified atom stereocenters. The van der Waals surface area contributed by atoms with E-state index in [9.17, 15) is 8.42 Å². The number of halogens is 2.